The summed E-state index contributed by atoms with van der Waals surface area (Å²) in [6.45, 7) is 7.69. The smallest absolute Gasteiger partial charge is 0.162 e. The van der Waals surface area contributed by atoms with Crippen molar-refractivity contribution in [3.8, 4) is 23.0 Å². The minimum atomic E-state index is 0.352. The maximum Gasteiger partial charge on any atom is 0.162 e. The van der Waals surface area contributed by atoms with Crippen molar-refractivity contribution in [2.24, 2.45) is 0 Å². The zero-order valence-electron chi connectivity index (χ0n) is 25.0. The Morgan fingerprint density at radius 1 is 0.267 bits per heavy atom. The topological polar surface area (TPSA) is 102 Å². The van der Waals surface area contributed by atoms with Gasteiger partial charge in [0, 0.05) is 17.9 Å². The molecule has 0 bridgehead atoms. The largest absolute Gasteiger partial charge is 0.487 e. The zero-order valence-corrected chi connectivity index (χ0v) is 31.4. The Morgan fingerprint density at radius 3 is 0.600 bits per heavy atom. The molecule has 1 aliphatic heterocycles. The van der Waals surface area contributed by atoms with Crippen LogP contribution in [-0.4, -0.2) is 119 Å². The van der Waals surface area contributed by atoms with Gasteiger partial charge in [-0.1, -0.05) is 0 Å². The molecule has 3 rings (SSSR count). The van der Waals surface area contributed by atoms with E-state index in [1.54, 1.807) is 0 Å². The predicted octanol–water partition coefficient (Wildman–Crippen LogP) is 6.08. The molecule has 11 nitrogen and oxygen atoms in total. The summed E-state index contributed by atoms with van der Waals surface area (Å²) in [5, 5.41) is 0. The van der Waals surface area contributed by atoms with Gasteiger partial charge >= 0.3 is 0 Å². The van der Waals surface area contributed by atoms with Gasteiger partial charge in [0.05, 0.1) is 92.5 Å². The standard InChI is InChI=1S/C30H40Br4O11/c31-23-19-27-29(21-25(23)33)44-17-13-40-9-10-41-14-18-45-30-22-26(34)24(32)20-28(30)43-16-12-39-8-6-37-4-2-35-1-3-36-5-7-38-11-15-42-27/h19-22H,1-18H2. The van der Waals surface area contributed by atoms with Crippen LogP contribution in [0.1, 0.15) is 0 Å². The number of fused-ring (bicyclic) bond motifs is 2. The average Bonchev–Trinajstić information content (AvgIpc) is 3.02. The van der Waals surface area contributed by atoms with E-state index in [4.69, 9.17) is 52.1 Å². The minimum absolute atomic E-state index is 0.352. The molecule has 0 unspecified atom stereocenters. The second-order valence-electron chi connectivity index (χ2n) is 9.11. The molecular weight excluding hydrogens is 856 g/mol. The van der Waals surface area contributed by atoms with Crippen LogP contribution in [0, 0.1) is 0 Å². The highest BCUT2D eigenvalue weighted by Crippen LogP contribution is 2.37. The summed E-state index contributed by atoms with van der Waals surface area (Å²) in [4.78, 5) is 0. The first-order chi connectivity index (χ1) is 22.0. The summed E-state index contributed by atoms with van der Waals surface area (Å²) in [7, 11) is 0. The van der Waals surface area contributed by atoms with Gasteiger partial charge in [0.2, 0.25) is 0 Å². The number of benzene rings is 2. The van der Waals surface area contributed by atoms with Gasteiger partial charge in [-0.2, -0.15) is 0 Å². The molecular formula is C30H40Br4O11. The quantitative estimate of drug-likeness (QED) is 0.308. The van der Waals surface area contributed by atoms with Gasteiger partial charge in [0.1, 0.15) is 26.4 Å². The maximum atomic E-state index is 5.92. The molecule has 0 saturated heterocycles. The fraction of sp³-hybridized carbons (Fsp3) is 0.600. The summed E-state index contributed by atoms with van der Waals surface area (Å²) >= 11 is 14.1. The monoisotopic (exact) mass is 892 g/mol. The van der Waals surface area contributed by atoms with Crippen LogP contribution >= 0.6 is 63.7 Å². The van der Waals surface area contributed by atoms with Crippen molar-refractivity contribution in [2.45, 2.75) is 0 Å². The van der Waals surface area contributed by atoms with E-state index >= 15 is 0 Å². The van der Waals surface area contributed by atoms with E-state index in [1.807, 2.05) is 24.3 Å². The molecule has 0 N–H and O–H groups in total. The van der Waals surface area contributed by atoms with Gasteiger partial charge in [-0.15, -0.1) is 0 Å². The molecule has 45 heavy (non-hydrogen) atoms. The molecule has 0 aromatic heterocycles. The SMILES string of the molecule is Brc1cc2c(cc1Br)OCCOCCOCCOc1cc(Br)c(Br)cc1OCCOCCOCCOCCOCCOCCO2. The van der Waals surface area contributed by atoms with E-state index in [-0.39, 0.29) is 0 Å². The van der Waals surface area contributed by atoms with E-state index in [1.165, 1.54) is 0 Å². The summed E-state index contributed by atoms with van der Waals surface area (Å²) < 4.78 is 66.2. The van der Waals surface area contributed by atoms with E-state index in [0.717, 1.165) is 17.9 Å². The second-order valence-corrected chi connectivity index (χ2v) is 12.5. The molecule has 2 aromatic rings. The van der Waals surface area contributed by atoms with E-state index < -0.39 is 0 Å². The molecule has 0 spiro atoms. The lowest BCUT2D eigenvalue weighted by atomic mass is 10.3. The van der Waals surface area contributed by atoms with Crippen LogP contribution in [0.2, 0.25) is 0 Å². The number of hydrogen-bond acceptors (Lipinski definition) is 11. The average molecular weight is 896 g/mol. The van der Waals surface area contributed by atoms with Gasteiger partial charge in [-0.3, -0.25) is 0 Å². The van der Waals surface area contributed by atoms with E-state index in [9.17, 15) is 0 Å². The Hall–Kier alpha value is -0.720. The molecule has 254 valence electrons. The Labute approximate surface area is 298 Å². The van der Waals surface area contributed by atoms with Gasteiger partial charge in [-0.05, 0) is 88.0 Å². The van der Waals surface area contributed by atoms with Crippen molar-refractivity contribution in [3.63, 3.8) is 0 Å². The van der Waals surface area contributed by atoms with Crippen LogP contribution in [-0.2, 0) is 33.2 Å². The molecule has 0 aliphatic carbocycles. The molecule has 0 amide bonds. The molecule has 0 atom stereocenters. The molecule has 1 aliphatic rings. The second kappa shape index (κ2) is 24.4. The predicted molar refractivity (Wildman–Crippen MR) is 181 cm³/mol. The third-order valence-corrected chi connectivity index (χ3v) is 9.46. The summed E-state index contributed by atoms with van der Waals surface area (Å²) in [5.74, 6) is 2.42. The Kier molecular flexibility index (Phi) is 21.0. The van der Waals surface area contributed by atoms with Gasteiger partial charge in [-0.25, -0.2) is 0 Å². The number of halogens is 4. The third-order valence-electron chi connectivity index (χ3n) is 5.77. The highest BCUT2D eigenvalue weighted by Gasteiger charge is 2.12. The number of hydrogen-bond donors (Lipinski definition) is 0. The van der Waals surface area contributed by atoms with Crippen LogP contribution in [0.25, 0.3) is 0 Å². The van der Waals surface area contributed by atoms with Crippen molar-refractivity contribution in [2.75, 3.05) is 119 Å². The molecule has 0 radical (unpaired) electrons. The highest BCUT2D eigenvalue weighted by molar-refractivity contribution is 9.13. The van der Waals surface area contributed by atoms with Crippen molar-refractivity contribution >= 4 is 63.7 Å². The number of ether oxygens (including phenoxy) is 11. The summed E-state index contributed by atoms with van der Waals surface area (Å²) in [5.41, 5.74) is 0. The van der Waals surface area contributed by atoms with E-state index in [0.29, 0.717) is 142 Å². The van der Waals surface area contributed by atoms with Crippen molar-refractivity contribution < 1.29 is 52.1 Å². The van der Waals surface area contributed by atoms with Crippen LogP contribution in [0.3, 0.4) is 0 Å². The molecule has 0 saturated carbocycles. The highest BCUT2D eigenvalue weighted by atomic mass is 79.9. The lowest BCUT2D eigenvalue weighted by molar-refractivity contribution is -0.0142. The van der Waals surface area contributed by atoms with Crippen LogP contribution in [0.15, 0.2) is 42.2 Å². The Morgan fingerprint density at radius 2 is 0.422 bits per heavy atom. The zero-order chi connectivity index (χ0) is 32.0. The fourth-order valence-corrected chi connectivity index (χ4v) is 4.91. The summed E-state index contributed by atoms with van der Waals surface area (Å²) in [6, 6.07) is 7.42. The first-order valence-corrected chi connectivity index (χ1v) is 17.7. The van der Waals surface area contributed by atoms with Gasteiger partial charge < -0.3 is 52.1 Å². The molecule has 1 heterocycles. The lowest BCUT2D eigenvalue weighted by Crippen LogP contribution is -2.15. The van der Waals surface area contributed by atoms with Crippen molar-refractivity contribution in [1.82, 2.24) is 0 Å². The summed E-state index contributed by atoms with van der Waals surface area (Å²) in [6.07, 6.45) is 0. The Bertz CT molecular complexity index is 1010. The normalized spacial score (nSPS) is 18.9. The van der Waals surface area contributed by atoms with Crippen LogP contribution in [0.5, 0.6) is 23.0 Å². The van der Waals surface area contributed by atoms with Crippen molar-refractivity contribution in [1.29, 1.82) is 0 Å². The van der Waals surface area contributed by atoms with Crippen LogP contribution < -0.4 is 18.9 Å². The van der Waals surface area contributed by atoms with Crippen molar-refractivity contribution in [3.05, 3.63) is 42.2 Å². The Balaban J connectivity index is 1.44. The molecule has 15 heteroatoms. The number of rotatable bonds is 0. The van der Waals surface area contributed by atoms with E-state index in [2.05, 4.69) is 63.7 Å². The molecule has 2 aromatic carbocycles. The lowest BCUT2D eigenvalue weighted by Gasteiger charge is -2.15. The molecule has 0 fully saturated rings. The maximum absolute atomic E-state index is 5.92. The first-order valence-electron chi connectivity index (χ1n) is 14.6. The van der Waals surface area contributed by atoms with Gasteiger partial charge in [0.15, 0.2) is 23.0 Å². The van der Waals surface area contributed by atoms with Crippen LogP contribution in [0.4, 0.5) is 0 Å². The fourth-order valence-electron chi connectivity index (χ4n) is 3.62. The van der Waals surface area contributed by atoms with Gasteiger partial charge in [0.25, 0.3) is 0 Å². The minimum Gasteiger partial charge on any atom is -0.487 e. The third kappa shape index (κ3) is 16.8. The first kappa shape index (κ1) is 38.7.